The molecule has 3 aromatic carbocycles. The van der Waals surface area contributed by atoms with E-state index in [1.54, 1.807) is 13.2 Å². The molecule has 5 rings (SSSR count). The Morgan fingerprint density at radius 2 is 1.81 bits per heavy atom. The lowest BCUT2D eigenvalue weighted by Crippen LogP contribution is -2.23. The number of nitrogens with zero attached hydrogens (tertiary/aromatic N) is 2. The van der Waals surface area contributed by atoms with Gasteiger partial charge in [0.05, 0.1) is 12.7 Å². The smallest absolute Gasteiger partial charge is 0.302 e. The van der Waals surface area contributed by atoms with E-state index in [1.165, 1.54) is 6.26 Å². The molecular weight excluding hydrogens is 478 g/mol. The van der Waals surface area contributed by atoms with Gasteiger partial charge in [0.2, 0.25) is 0 Å². The van der Waals surface area contributed by atoms with Crippen molar-refractivity contribution in [3.8, 4) is 17.0 Å². The van der Waals surface area contributed by atoms with Crippen molar-refractivity contribution in [2.24, 2.45) is 0 Å². The lowest BCUT2D eigenvalue weighted by atomic mass is 10.1. The van der Waals surface area contributed by atoms with Gasteiger partial charge in [-0.2, -0.15) is 4.98 Å². The van der Waals surface area contributed by atoms with Crippen molar-refractivity contribution in [1.82, 2.24) is 9.55 Å². The van der Waals surface area contributed by atoms with Crippen molar-refractivity contribution in [3.05, 3.63) is 101 Å². The van der Waals surface area contributed by atoms with E-state index in [1.807, 2.05) is 78.2 Å². The van der Waals surface area contributed by atoms with Crippen LogP contribution in [0.1, 0.15) is 21.6 Å². The van der Waals surface area contributed by atoms with Crippen LogP contribution in [0.5, 0.6) is 5.75 Å². The number of nitrogens with one attached hydrogen (secondary N) is 1. The fourth-order valence-electron chi connectivity index (χ4n) is 4.19. The van der Waals surface area contributed by atoms with Gasteiger partial charge in [-0.3, -0.25) is 14.9 Å². The predicted octanol–water partition coefficient (Wildman–Crippen LogP) is 6.14. The molecule has 0 atom stereocenters. The molecule has 7 nitrogen and oxygen atoms in total. The minimum absolute atomic E-state index is 0.0488. The molecule has 2 heterocycles. The van der Waals surface area contributed by atoms with E-state index in [-0.39, 0.29) is 6.01 Å². The van der Waals surface area contributed by atoms with Gasteiger partial charge in [0, 0.05) is 33.7 Å². The molecular formula is C28H22ClN3O4. The molecule has 5 aromatic rings. The van der Waals surface area contributed by atoms with Crippen LogP contribution in [0.2, 0.25) is 5.02 Å². The Morgan fingerprint density at radius 3 is 2.53 bits per heavy atom. The fraction of sp³-hybridized carbons (Fsp3) is 0.107. The van der Waals surface area contributed by atoms with Crippen LogP contribution in [0.25, 0.3) is 22.2 Å². The molecule has 0 spiro atoms. The number of ketones is 1. The van der Waals surface area contributed by atoms with Gasteiger partial charge in [-0.15, -0.1) is 0 Å². The number of benzene rings is 3. The third-order valence-electron chi connectivity index (χ3n) is 6.01. The second-order valence-electron chi connectivity index (χ2n) is 8.24. The van der Waals surface area contributed by atoms with Crippen LogP contribution >= 0.6 is 11.6 Å². The van der Waals surface area contributed by atoms with E-state index in [9.17, 15) is 9.59 Å². The summed E-state index contributed by atoms with van der Waals surface area (Å²) in [6.07, 6.45) is 1.43. The molecule has 0 fully saturated rings. The second kappa shape index (κ2) is 9.71. The van der Waals surface area contributed by atoms with Gasteiger partial charge in [-0.25, -0.2) is 0 Å². The summed E-state index contributed by atoms with van der Waals surface area (Å²) in [4.78, 5) is 30.7. The highest BCUT2D eigenvalue weighted by molar-refractivity contribution is 6.48. The summed E-state index contributed by atoms with van der Waals surface area (Å²) in [5, 5.41) is 3.76. The lowest BCUT2D eigenvalue weighted by Gasteiger charge is -2.09. The number of methoxy groups -OCH3 is 1. The van der Waals surface area contributed by atoms with E-state index in [0.717, 1.165) is 16.6 Å². The number of halogens is 1. The Hall–Kier alpha value is -4.36. The van der Waals surface area contributed by atoms with Crippen molar-refractivity contribution >= 4 is 40.2 Å². The molecule has 0 aliphatic carbocycles. The summed E-state index contributed by atoms with van der Waals surface area (Å²) in [7, 11) is 1.56. The number of carbonyl (C=O) groups is 2. The first-order valence-electron chi connectivity index (χ1n) is 11.2. The van der Waals surface area contributed by atoms with Crippen molar-refractivity contribution in [2.45, 2.75) is 13.5 Å². The Balaban J connectivity index is 1.48. The number of rotatable bonds is 7. The highest BCUT2D eigenvalue weighted by Gasteiger charge is 2.27. The highest BCUT2D eigenvalue weighted by Crippen LogP contribution is 2.31. The molecule has 8 heteroatoms. The average molecular weight is 500 g/mol. The molecule has 0 bridgehead atoms. The van der Waals surface area contributed by atoms with Gasteiger partial charge in [0.15, 0.2) is 0 Å². The van der Waals surface area contributed by atoms with Crippen LogP contribution in [-0.2, 0) is 11.3 Å². The van der Waals surface area contributed by atoms with Gasteiger partial charge in [0.1, 0.15) is 17.7 Å². The summed E-state index contributed by atoms with van der Waals surface area (Å²) in [5.74, 6) is -0.950. The highest BCUT2D eigenvalue weighted by atomic mass is 35.5. The minimum Gasteiger partial charge on any atom is -0.497 e. The van der Waals surface area contributed by atoms with Crippen molar-refractivity contribution in [1.29, 1.82) is 0 Å². The monoisotopic (exact) mass is 499 g/mol. The number of anilines is 1. The molecule has 0 aliphatic heterocycles. The first-order chi connectivity index (χ1) is 17.4. The summed E-state index contributed by atoms with van der Waals surface area (Å²) in [6.45, 7) is 2.32. The van der Waals surface area contributed by atoms with Crippen LogP contribution in [0.4, 0.5) is 6.01 Å². The van der Waals surface area contributed by atoms with Crippen LogP contribution in [0, 0.1) is 6.92 Å². The van der Waals surface area contributed by atoms with Crippen LogP contribution in [0.15, 0.2) is 83.5 Å². The number of hydrogen-bond donors (Lipinski definition) is 1. The lowest BCUT2D eigenvalue weighted by molar-refractivity contribution is -0.112. The molecule has 0 aliphatic rings. The van der Waals surface area contributed by atoms with Gasteiger partial charge in [0.25, 0.3) is 11.7 Å². The molecule has 1 N–H and O–H groups in total. The molecule has 0 saturated carbocycles. The number of ether oxygens (including phenoxy) is 1. The molecule has 180 valence electrons. The SMILES string of the molecule is COc1ccc2c(c1)c(C(=O)C(=O)Nc1nc(-c3ccccc3)co1)c(C)n2Cc1ccc(Cl)cc1. The standard InChI is InChI=1S/C28H22ClN3O4/c1-17-25(26(33)27(34)31-28-30-23(16-36-28)19-6-4-3-5-7-19)22-14-21(35-2)12-13-24(22)32(17)15-18-8-10-20(29)11-9-18/h3-14,16H,15H2,1-2H3,(H,30,31,34). The van der Waals surface area contributed by atoms with E-state index < -0.39 is 11.7 Å². The number of carbonyl (C=O) groups excluding carboxylic acids is 2. The maximum atomic E-state index is 13.4. The zero-order valence-electron chi connectivity index (χ0n) is 19.6. The minimum atomic E-state index is -0.840. The Bertz CT molecular complexity index is 1570. The summed E-state index contributed by atoms with van der Waals surface area (Å²) in [5.41, 5.74) is 4.16. The number of Topliss-reactive ketones (excluding diaryl/α,β-unsaturated/α-hetero) is 1. The Labute approximate surface area is 212 Å². The average Bonchev–Trinajstić information content (AvgIpc) is 3.47. The second-order valence-corrected chi connectivity index (χ2v) is 8.68. The summed E-state index contributed by atoms with van der Waals surface area (Å²) in [6, 6.07) is 22.3. The predicted molar refractivity (Wildman–Crippen MR) is 139 cm³/mol. The van der Waals surface area contributed by atoms with Crippen molar-refractivity contribution in [3.63, 3.8) is 0 Å². The van der Waals surface area contributed by atoms with Gasteiger partial charge in [-0.1, -0.05) is 54.1 Å². The number of amides is 1. The molecule has 0 radical (unpaired) electrons. The number of fused-ring (bicyclic) bond motifs is 1. The first kappa shape index (κ1) is 23.4. The maximum absolute atomic E-state index is 13.4. The largest absolute Gasteiger partial charge is 0.497 e. The molecule has 36 heavy (non-hydrogen) atoms. The van der Waals surface area contributed by atoms with Crippen LogP contribution < -0.4 is 10.1 Å². The van der Waals surface area contributed by atoms with Gasteiger partial charge in [-0.05, 0) is 42.8 Å². The first-order valence-corrected chi connectivity index (χ1v) is 11.6. The number of oxazole rings is 1. The number of hydrogen-bond acceptors (Lipinski definition) is 5. The van der Waals surface area contributed by atoms with E-state index in [4.69, 9.17) is 20.8 Å². The van der Waals surface area contributed by atoms with E-state index in [2.05, 4.69) is 10.3 Å². The Morgan fingerprint density at radius 1 is 1.06 bits per heavy atom. The zero-order chi connectivity index (χ0) is 25.2. The summed E-state index contributed by atoms with van der Waals surface area (Å²) < 4.78 is 12.8. The fourth-order valence-corrected chi connectivity index (χ4v) is 4.32. The van der Waals surface area contributed by atoms with Crippen LogP contribution in [-0.4, -0.2) is 28.4 Å². The molecule has 1 amide bonds. The van der Waals surface area contributed by atoms with Crippen molar-refractivity contribution in [2.75, 3.05) is 12.4 Å². The molecule has 2 aromatic heterocycles. The van der Waals surface area contributed by atoms with E-state index in [0.29, 0.717) is 39.7 Å². The van der Waals surface area contributed by atoms with E-state index >= 15 is 0 Å². The van der Waals surface area contributed by atoms with Gasteiger partial charge < -0.3 is 13.7 Å². The van der Waals surface area contributed by atoms with Crippen molar-refractivity contribution < 1.29 is 18.7 Å². The van der Waals surface area contributed by atoms with Gasteiger partial charge >= 0.3 is 6.01 Å². The quantitative estimate of drug-likeness (QED) is 0.215. The molecule has 0 unspecified atom stereocenters. The normalized spacial score (nSPS) is 11.0. The Kier molecular flexibility index (Phi) is 6.31. The topological polar surface area (TPSA) is 86.4 Å². The zero-order valence-corrected chi connectivity index (χ0v) is 20.4. The molecule has 0 saturated heterocycles. The number of aromatic nitrogens is 2. The maximum Gasteiger partial charge on any atom is 0.302 e. The van der Waals surface area contributed by atoms with Crippen LogP contribution in [0.3, 0.4) is 0 Å². The summed E-state index contributed by atoms with van der Waals surface area (Å²) >= 11 is 6.04. The third-order valence-corrected chi connectivity index (χ3v) is 6.26. The third kappa shape index (κ3) is 4.48.